The molecule has 7 nitrogen and oxygen atoms in total. The first-order valence-electron chi connectivity index (χ1n) is 7.62. The number of pyridine rings is 1. The Balaban J connectivity index is 0.000000224. The van der Waals surface area contributed by atoms with Crippen LogP contribution in [0.5, 0.6) is 0 Å². The fourth-order valence-corrected chi connectivity index (χ4v) is 2.97. The van der Waals surface area contributed by atoms with E-state index in [1.807, 2.05) is 13.1 Å². The number of aryl methyl sites for hydroxylation is 1. The number of hydrogen-bond acceptors (Lipinski definition) is 5. The van der Waals surface area contributed by atoms with E-state index in [9.17, 15) is 9.59 Å². The summed E-state index contributed by atoms with van der Waals surface area (Å²) >= 11 is 5.94. The Hall–Kier alpha value is -2.12. The van der Waals surface area contributed by atoms with Crippen LogP contribution < -0.4 is 10.2 Å². The van der Waals surface area contributed by atoms with Crippen molar-refractivity contribution in [1.82, 2.24) is 10.3 Å². The zero-order valence-electron chi connectivity index (χ0n) is 13.3. The third-order valence-electron chi connectivity index (χ3n) is 4.12. The number of nitrogens with one attached hydrogen (secondary N) is 1. The molecule has 0 amide bonds. The fourth-order valence-electron chi connectivity index (χ4n) is 2.86. The highest BCUT2D eigenvalue weighted by molar-refractivity contribution is 6.30. The standard InChI is InChI=1S/C12H16ClN3.C4H4O4/c1-8-4-10(5-15-12(8)13)16-7-9-2-3-14-6-11(9)16;5-3(6)1-2-4(7)8/h4-5,9,11,14H,2-3,6-7H2,1H3;1-2H,(H,5,6)(H,7,8)/t9-,11-;/m0./s1. The molecule has 3 rings (SSSR count). The van der Waals surface area contributed by atoms with Crippen LogP contribution >= 0.6 is 11.6 Å². The lowest BCUT2D eigenvalue weighted by Gasteiger charge is -2.52. The number of carboxylic acid groups (broad SMARTS) is 2. The van der Waals surface area contributed by atoms with Crippen LogP contribution in [0.2, 0.25) is 5.15 Å². The number of nitrogens with zero attached hydrogens (tertiary/aromatic N) is 2. The summed E-state index contributed by atoms with van der Waals surface area (Å²) < 4.78 is 0. The van der Waals surface area contributed by atoms with E-state index in [1.165, 1.54) is 25.2 Å². The van der Waals surface area contributed by atoms with E-state index in [2.05, 4.69) is 21.3 Å². The van der Waals surface area contributed by atoms with Crippen LogP contribution in [0.4, 0.5) is 5.69 Å². The number of anilines is 1. The second-order valence-electron chi connectivity index (χ2n) is 5.78. The minimum Gasteiger partial charge on any atom is -0.478 e. The Morgan fingerprint density at radius 2 is 2.04 bits per heavy atom. The van der Waals surface area contributed by atoms with Crippen LogP contribution in [0, 0.1) is 12.8 Å². The molecule has 2 aliphatic heterocycles. The lowest BCUT2D eigenvalue weighted by Crippen LogP contribution is -2.63. The van der Waals surface area contributed by atoms with Crippen LogP contribution in [0.3, 0.4) is 0 Å². The van der Waals surface area contributed by atoms with Crippen molar-refractivity contribution in [2.75, 3.05) is 24.5 Å². The third-order valence-corrected chi connectivity index (χ3v) is 4.52. The molecule has 8 heteroatoms. The van der Waals surface area contributed by atoms with Gasteiger partial charge in [-0.05, 0) is 37.4 Å². The van der Waals surface area contributed by atoms with E-state index in [-0.39, 0.29) is 0 Å². The molecule has 130 valence electrons. The average molecular weight is 354 g/mol. The molecule has 0 saturated carbocycles. The Morgan fingerprint density at radius 3 is 2.58 bits per heavy atom. The summed E-state index contributed by atoms with van der Waals surface area (Å²) in [5, 5.41) is 19.7. The Morgan fingerprint density at radius 1 is 1.38 bits per heavy atom. The second-order valence-corrected chi connectivity index (χ2v) is 6.14. The predicted molar refractivity (Wildman–Crippen MR) is 90.5 cm³/mol. The maximum Gasteiger partial charge on any atom is 0.328 e. The summed E-state index contributed by atoms with van der Waals surface area (Å²) in [5.74, 6) is -1.64. The van der Waals surface area contributed by atoms with Gasteiger partial charge in [-0.1, -0.05) is 11.6 Å². The van der Waals surface area contributed by atoms with Crippen LogP contribution in [0.15, 0.2) is 24.4 Å². The van der Waals surface area contributed by atoms with E-state index < -0.39 is 11.9 Å². The molecule has 0 unspecified atom stereocenters. The molecular formula is C16H20ClN3O4. The van der Waals surface area contributed by atoms with Crippen LogP contribution in [0.25, 0.3) is 0 Å². The van der Waals surface area contributed by atoms with Crippen LogP contribution in [-0.4, -0.2) is 52.8 Å². The molecule has 3 heterocycles. The Bertz CT molecular complexity index is 634. The molecule has 0 bridgehead atoms. The topological polar surface area (TPSA) is 103 Å². The summed E-state index contributed by atoms with van der Waals surface area (Å²) in [6, 6.07) is 2.80. The zero-order chi connectivity index (χ0) is 17.7. The largest absolute Gasteiger partial charge is 0.478 e. The van der Waals surface area contributed by atoms with Gasteiger partial charge in [0.2, 0.25) is 0 Å². The quantitative estimate of drug-likeness (QED) is 0.559. The van der Waals surface area contributed by atoms with Gasteiger partial charge in [-0.25, -0.2) is 14.6 Å². The van der Waals surface area contributed by atoms with E-state index in [0.717, 1.165) is 18.0 Å². The third kappa shape index (κ3) is 4.69. The first kappa shape index (κ1) is 18.2. The van der Waals surface area contributed by atoms with Crippen LogP contribution in [-0.2, 0) is 9.59 Å². The summed E-state index contributed by atoms with van der Waals surface area (Å²) in [6.45, 7) is 5.46. The van der Waals surface area contributed by atoms with Crippen LogP contribution in [0.1, 0.15) is 12.0 Å². The average Bonchev–Trinajstić information content (AvgIpc) is 2.51. The molecule has 0 aliphatic carbocycles. The zero-order valence-corrected chi connectivity index (χ0v) is 14.0. The van der Waals surface area contributed by atoms with Gasteiger partial charge in [0.05, 0.1) is 11.9 Å². The van der Waals surface area contributed by atoms with Gasteiger partial charge in [0.25, 0.3) is 0 Å². The number of piperidine rings is 1. The number of carboxylic acids is 2. The van der Waals surface area contributed by atoms with Crippen molar-refractivity contribution >= 4 is 29.2 Å². The molecule has 0 radical (unpaired) electrons. The van der Waals surface area contributed by atoms with Crippen molar-refractivity contribution < 1.29 is 19.8 Å². The highest BCUT2D eigenvalue weighted by atomic mass is 35.5. The van der Waals surface area contributed by atoms with E-state index >= 15 is 0 Å². The van der Waals surface area contributed by atoms with Crippen molar-refractivity contribution in [1.29, 1.82) is 0 Å². The Kier molecular flexibility index (Phi) is 6.16. The molecule has 2 saturated heterocycles. The molecule has 2 atom stereocenters. The lowest BCUT2D eigenvalue weighted by molar-refractivity contribution is -0.134. The van der Waals surface area contributed by atoms with Crippen molar-refractivity contribution in [2.45, 2.75) is 19.4 Å². The molecule has 24 heavy (non-hydrogen) atoms. The smallest absolute Gasteiger partial charge is 0.328 e. The molecule has 2 fully saturated rings. The van der Waals surface area contributed by atoms with Gasteiger partial charge in [0, 0.05) is 31.3 Å². The number of hydrogen-bond donors (Lipinski definition) is 3. The first-order valence-corrected chi connectivity index (χ1v) is 7.99. The lowest BCUT2D eigenvalue weighted by atomic mass is 9.83. The van der Waals surface area contributed by atoms with Crippen molar-refractivity contribution in [3.63, 3.8) is 0 Å². The molecule has 1 aromatic heterocycles. The maximum absolute atomic E-state index is 9.55. The maximum atomic E-state index is 9.55. The molecule has 0 aromatic carbocycles. The SMILES string of the molecule is Cc1cc(N2C[C@@H]3CCNC[C@@H]32)cnc1Cl.O=C(O)C=CC(=O)O. The molecule has 3 N–H and O–H groups in total. The van der Waals surface area contributed by atoms with Gasteiger partial charge in [-0.3, -0.25) is 0 Å². The highest BCUT2D eigenvalue weighted by Gasteiger charge is 2.40. The summed E-state index contributed by atoms with van der Waals surface area (Å²) in [6.07, 6.45) is 4.31. The number of aliphatic carboxylic acids is 2. The van der Waals surface area contributed by atoms with Crippen molar-refractivity contribution in [2.24, 2.45) is 5.92 Å². The summed E-state index contributed by atoms with van der Waals surface area (Å²) in [7, 11) is 0. The number of aromatic nitrogens is 1. The fraction of sp³-hybridized carbons (Fsp3) is 0.438. The van der Waals surface area contributed by atoms with Gasteiger partial charge < -0.3 is 20.4 Å². The minimum atomic E-state index is -1.26. The minimum absolute atomic E-state index is 0.558. The molecule has 2 aliphatic rings. The van der Waals surface area contributed by atoms with Gasteiger partial charge in [0.1, 0.15) is 5.15 Å². The molecule has 1 aromatic rings. The van der Waals surface area contributed by atoms with E-state index in [0.29, 0.717) is 23.3 Å². The highest BCUT2D eigenvalue weighted by Crippen LogP contribution is 2.34. The number of carbonyl (C=O) groups is 2. The van der Waals surface area contributed by atoms with E-state index in [1.54, 1.807) is 0 Å². The van der Waals surface area contributed by atoms with Gasteiger partial charge in [-0.15, -0.1) is 0 Å². The van der Waals surface area contributed by atoms with Crippen molar-refractivity contribution in [3.8, 4) is 0 Å². The monoisotopic (exact) mass is 353 g/mol. The van der Waals surface area contributed by atoms with E-state index in [4.69, 9.17) is 21.8 Å². The van der Waals surface area contributed by atoms with Gasteiger partial charge in [-0.2, -0.15) is 0 Å². The van der Waals surface area contributed by atoms with Gasteiger partial charge in [0.15, 0.2) is 0 Å². The normalized spacial score (nSPS) is 22.2. The van der Waals surface area contributed by atoms with Gasteiger partial charge >= 0.3 is 11.9 Å². The summed E-state index contributed by atoms with van der Waals surface area (Å²) in [4.78, 5) is 25.8. The first-order chi connectivity index (χ1) is 11.4. The molecular weight excluding hydrogens is 334 g/mol. The Labute approximate surface area is 144 Å². The number of halogens is 1. The predicted octanol–water partition coefficient (Wildman–Crippen LogP) is 1.55. The number of rotatable bonds is 3. The second kappa shape index (κ2) is 8.12. The number of fused-ring (bicyclic) bond motifs is 1. The molecule has 0 spiro atoms. The summed E-state index contributed by atoms with van der Waals surface area (Å²) in [5.41, 5.74) is 2.28. The van der Waals surface area contributed by atoms with Crippen molar-refractivity contribution in [3.05, 3.63) is 35.1 Å².